The van der Waals surface area contributed by atoms with Crippen molar-refractivity contribution in [3.8, 4) is 0 Å². The van der Waals surface area contributed by atoms with Gasteiger partial charge in [-0.2, -0.15) is 0 Å². The van der Waals surface area contributed by atoms with Crippen molar-refractivity contribution in [1.82, 2.24) is 5.32 Å². The normalized spacial score (nSPS) is 12.5. The van der Waals surface area contributed by atoms with E-state index in [-0.39, 0.29) is 0 Å². The first kappa shape index (κ1) is 17.5. The lowest BCUT2D eigenvalue weighted by Gasteiger charge is -2.23. The summed E-state index contributed by atoms with van der Waals surface area (Å²) < 4.78 is 10.2. The summed E-state index contributed by atoms with van der Waals surface area (Å²) in [5.41, 5.74) is -0.108. The van der Waals surface area contributed by atoms with E-state index >= 15 is 0 Å². The van der Waals surface area contributed by atoms with E-state index in [1.54, 1.807) is 27.7 Å². The second kappa shape index (κ2) is 7.81. The molecule has 0 radical (unpaired) electrons. The van der Waals surface area contributed by atoms with E-state index in [0.29, 0.717) is 12.2 Å². The van der Waals surface area contributed by atoms with Crippen LogP contribution in [0.4, 0.5) is 4.79 Å². The molecule has 1 atom stereocenters. The summed E-state index contributed by atoms with van der Waals surface area (Å²) in [5.74, 6) is -0.508. The van der Waals surface area contributed by atoms with E-state index in [2.05, 4.69) is 11.9 Å². The summed E-state index contributed by atoms with van der Waals surface area (Å²) in [4.78, 5) is 23.4. The molecule has 0 bridgehead atoms. The molecule has 1 amide bonds. The molecule has 0 rings (SSSR count). The minimum absolute atomic E-state index is 0.342. The molecule has 19 heavy (non-hydrogen) atoms. The van der Waals surface area contributed by atoms with Crippen LogP contribution in [0.25, 0.3) is 0 Å². The standard InChI is InChI=1S/C14H25NO4/c1-7-8-9-18-12(16)11(10(2)3)15-13(17)19-14(4,5)6/h11H,2,7-9H2,1,3-6H3,(H,15,17)/t11-/m0/s1. The van der Waals surface area contributed by atoms with E-state index in [1.807, 2.05) is 6.92 Å². The Balaban J connectivity index is 4.45. The highest BCUT2D eigenvalue weighted by atomic mass is 16.6. The van der Waals surface area contributed by atoms with Gasteiger partial charge in [-0.1, -0.05) is 19.9 Å². The molecule has 0 aromatic rings. The van der Waals surface area contributed by atoms with Gasteiger partial charge in [0.2, 0.25) is 0 Å². The van der Waals surface area contributed by atoms with Crippen LogP contribution in [0.15, 0.2) is 12.2 Å². The number of carbonyl (C=O) groups is 2. The summed E-state index contributed by atoms with van der Waals surface area (Å²) in [7, 11) is 0. The SMILES string of the molecule is C=C(C)[C@H](NC(=O)OC(C)(C)C)C(=O)OCCCC. The summed E-state index contributed by atoms with van der Waals surface area (Å²) in [6.07, 6.45) is 1.07. The Morgan fingerprint density at radius 3 is 2.32 bits per heavy atom. The molecule has 0 unspecified atom stereocenters. The third kappa shape index (κ3) is 8.24. The van der Waals surface area contributed by atoms with Crippen LogP contribution in [0.5, 0.6) is 0 Å². The molecule has 0 aliphatic carbocycles. The quantitative estimate of drug-likeness (QED) is 0.458. The van der Waals surface area contributed by atoms with Crippen LogP contribution < -0.4 is 5.32 Å². The molecule has 0 aliphatic rings. The molecule has 0 fully saturated rings. The fourth-order valence-electron chi connectivity index (χ4n) is 1.21. The molecule has 110 valence electrons. The van der Waals surface area contributed by atoms with Crippen LogP contribution in [0.1, 0.15) is 47.5 Å². The van der Waals surface area contributed by atoms with Crippen LogP contribution in [0, 0.1) is 0 Å². The van der Waals surface area contributed by atoms with Gasteiger partial charge in [0.25, 0.3) is 0 Å². The minimum atomic E-state index is -0.869. The van der Waals surface area contributed by atoms with Gasteiger partial charge in [-0.05, 0) is 39.7 Å². The maximum absolute atomic E-state index is 11.8. The first-order valence-corrected chi connectivity index (χ1v) is 6.49. The molecular formula is C14H25NO4. The lowest BCUT2D eigenvalue weighted by Crippen LogP contribution is -2.44. The number of hydrogen-bond acceptors (Lipinski definition) is 4. The van der Waals surface area contributed by atoms with E-state index in [4.69, 9.17) is 9.47 Å². The second-order valence-corrected chi connectivity index (χ2v) is 5.45. The first-order chi connectivity index (χ1) is 8.67. The van der Waals surface area contributed by atoms with Crippen molar-refractivity contribution in [2.24, 2.45) is 0 Å². The zero-order valence-electron chi connectivity index (χ0n) is 12.5. The van der Waals surface area contributed by atoms with Crippen LogP contribution >= 0.6 is 0 Å². The van der Waals surface area contributed by atoms with Gasteiger partial charge in [-0.25, -0.2) is 9.59 Å². The molecule has 0 saturated heterocycles. The number of alkyl carbamates (subject to hydrolysis) is 1. The number of amides is 1. The van der Waals surface area contributed by atoms with Gasteiger partial charge in [-0.15, -0.1) is 0 Å². The van der Waals surface area contributed by atoms with Gasteiger partial charge >= 0.3 is 12.1 Å². The summed E-state index contributed by atoms with van der Waals surface area (Å²) in [5, 5.41) is 2.46. The largest absolute Gasteiger partial charge is 0.464 e. The maximum Gasteiger partial charge on any atom is 0.408 e. The average molecular weight is 271 g/mol. The fraction of sp³-hybridized carbons (Fsp3) is 0.714. The Morgan fingerprint density at radius 2 is 1.89 bits per heavy atom. The van der Waals surface area contributed by atoms with Gasteiger partial charge < -0.3 is 14.8 Å². The number of rotatable bonds is 6. The second-order valence-electron chi connectivity index (χ2n) is 5.45. The fourth-order valence-corrected chi connectivity index (χ4v) is 1.21. The van der Waals surface area contributed by atoms with Crippen molar-refractivity contribution < 1.29 is 19.1 Å². The molecule has 0 heterocycles. The predicted octanol–water partition coefficient (Wildman–Crippen LogP) is 2.80. The molecule has 0 aliphatic heterocycles. The third-order valence-electron chi connectivity index (χ3n) is 2.13. The highest BCUT2D eigenvalue weighted by molar-refractivity contribution is 5.84. The number of carbonyl (C=O) groups excluding carboxylic acids is 2. The Labute approximate surface area is 115 Å². The van der Waals surface area contributed by atoms with Gasteiger partial charge in [0.1, 0.15) is 5.60 Å². The average Bonchev–Trinajstić information content (AvgIpc) is 2.23. The summed E-state index contributed by atoms with van der Waals surface area (Å²) in [6.45, 7) is 12.9. The molecular weight excluding hydrogens is 246 g/mol. The van der Waals surface area contributed by atoms with Gasteiger partial charge in [0.15, 0.2) is 6.04 Å². The van der Waals surface area contributed by atoms with Crippen LogP contribution in [0.2, 0.25) is 0 Å². The zero-order chi connectivity index (χ0) is 15.1. The highest BCUT2D eigenvalue weighted by Gasteiger charge is 2.25. The maximum atomic E-state index is 11.8. The van der Waals surface area contributed by atoms with Crippen LogP contribution in [-0.2, 0) is 14.3 Å². The minimum Gasteiger partial charge on any atom is -0.464 e. The van der Waals surface area contributed by atoms with Crippen molar-refractivity contribution >= 4 is 12.1 Å². The van der Waals surface area contributed by atoms with E-state index in [9.17, 15) is 9.59 Å². The number of hydrogen-bond donors (Lipinski definition) is 1. The zero-order valence-corrected chi connectivity index (χ0v) is 12.5. The van der Waals surface area contributed by atoms with E-state index < -0.39 is 23.7 Å². The Morgan fingerprint density at radius 1 is 1.32 bits per heavy atom. The lowest BCUT2D eigenvalue weighted by atomic mass is 10.1. The molecule has 1 N–H and O–H groups in total. The molecule has 0 spiro atoms. The van der Waals surface area contributed by atoms with Crippen molar-refractivity contribution in [2.75, 3.05) is 6.61 Å². The molecule has 0 saturated carbocycles. The number of nitrogens with one attached hydrogen (secondary N) is 1. The van der Waals surface area contributed by atoms with Crippen molar-refractivity contribution in [3.63, 3.8) is 0 Å². The molecule has 0 aromatic carbocycles. The third-order valence-corrected chi connectivity index (χ3v) is 2.13. The number of esters is 1. The topological polar surface area (TPSA) is 64.6 Å². The predicted molar refractivity (Wildman–Crippen MR) is 73.8 cm³/mol. The molecule has 5 nitrogen and oxygen atoms in total. The van der Waals surface area contributed by atoms with Crippen molar-refractivity contribution in [2.45, 2.75) is 59.1 Å². The lowest BCUT2D eigenvalue weighted by molar-refractivity contribution is -0.145. The first-order valence-electron chi connectivity index (χ1n) is 6.49. The summed E-state index contributed by atoms with van der Waals surface area (Å²) >= 11 is 0. The van der Waals surface area contributed by atoms with Crippen LogP contribution in [-0.4, -0.2) is 30.3 Å². The number of ether oxygens (including phenoxy) is 2. The Hall–Kier alpha value is -1.52. The van der Waals surface area contributed by atoms with Crippen molar-refractivity contribution in [1.29, 1.82) is 0 Å². The highest BCUT2D eigenvalue weighted by Crippen LogP contribution is 2.09. The molecule has 5 heteroatoms. The van der Waals surface area contributed by atoms with Crippen LogP contribution in [0.3, 0.4) is 0 Å². The van der Waals surface area contributed by atoms with Gasteiger partial charge in [0, 0.05) is 0 Å². The van der Waals surface area contributed by atoms with Crippen molar-refractivity contribution in [3.05, 3.63) is 12.2 Å². The van der Waals surface area contributed by atoms with Gasteiger partial charge in [-0.3, -0.25) is 0 Å². The summed E-state index contributed by atoms with van der Waals surface area (Å²) in [6, 6.07) is -0.869. The smallest absolute Gasteiger partial charge is 0.408 e. The Kier molecular flexibility index (Phi) is 7.19. The van der Waals surface area contributed by atoms with Gasteiger partial charge in [0.05, 0.1) is 6.61 Å². The number of unbranched alkanes of at least 4 members (excludes halogenated alkanes) is 1. The van der Waals surface area contributed by atoms with E-state index in [1.165, 1.54) is 0 Å². The molecule has 0 aromatic heterocycles. The van der Waals surface area contributed by atoms with E-state index in [0.717, 1.165) is 12.8 Å². The monoisotopic (exact) mass is 271 g/mol. The Bertz CT molecular complexity index is 331.